The fourth-order valence-electron chi connectivity index (χ4n) is 1.90. The molecule has 0 fully saturated rings. The minimum atomic E-state index is 0.607. The predicted molar refractivity (Wildman–Crippen MR) is 80.9 cm³/mol. The van der Waals surface area contributed by atoms with E-state index in [4.69, 9.17) is 0 Å². The second kappa shape index (κ2) is 7.89. The Morgan fingerprint density at radius 2 is 2.17 bits per heavy atom. The zero-order chi connectivity index (χ0) is 13.4. The molecule has 1 rings (SSSR count). The third-order valence-corrected chi connectivity index (χ3v) is 3.24. The van der Waals surface area contributed by atoms with Crippen molar-refractivity contribution in [3.05, 3.63) is 40.8 Å². The molecular weight excluding hydrogens is 218 g/mol. The van der Waals surface area contributed by atoms with E-state index < -0.39 is 0 Å². The van der Waals surface area contributed by atoms with Gasteiger partial charge in [-0.15, -0.1) is 0 Å². The largest absolute Gasteiger partial charge is 0.248 e. The van der Waals surface area contributed by atoms with Crippen molar-refractivity contribution in [1.82, 2.24) is 0 Å². The normalized spacial score (nSPS) is 17.2. The zero-order valence-electron chi connectivity index (χ0n) is 12.2. The maximum absolute atomic E-state index is 4.52. The number of allylic oxidation sites excluding steroid dienone is 4. The lowest BCUT2D eigenvalue weighted by atomic mass is 10.0. The summed E-state index contributed by atoms with van der Waals surface area (Å²) in [5, 5.41) is 0. The quantitative estimate of drug-likeness (QED) is 0.567. The van der Waals surface area contributed by atoms with Crippen LogP contribution in [-0.4, -0.2) is 6.21 Å². The lowest BCUT2D eigenvalue weighted by molar-refractivity contribution is 0.690. The maximum Gasteiger partial charge on any atom is 0.108 e. The summed E-state index contributed by atoms with van der Waals surface area (Å²) >= 11 is 0. The van der Waals surface area contributed by atoms with Crippen LogP contribution in [0.15, 0.2) is 45.8 Å². The smallest absolute Gasteiger partial charge is 0.108 e. The van der Waals surface area contributed by atoms with E-state index in [1.807, 2.05) is 6.21 Å². The molecule has 0 amide bonds. The maximum atomic E-state index is 4.52. The van der Waals surface area contributed by atoms with Crippen molar-refractivity contribution in [2.24, 2.45) is 10.9 Å². The Labute approximate surface area is 112 Å². The van der Waals surface area contributed by atoms with Crippen LogP contribution in [0.2, 0.25) is 0 Å². The number of aliphatic imine (C=N–C) groups is 1. The van der Waals surface area contributed by atoms with Crippen LogP contribution >= 0.6 is 0 Å². The summed E-state index contributed by atoms with van der Waals surface area (Å²) < 4.78 is 0. The molecule has 0 aromatic heterocycles. The van der Waals surface area contributed by atoms with Crippen molar-refractivity contribution in [1.29, 1.82) is 0 Å². The molecule has 0 saturated heterocycles. The van der Waals surface area contributed by atoms with E-state index in [0.717, 1.165) is 25.0 Å². The molecule has 1 unspecified atom stereocenters. The minimum absolute atomic E-state index is 0.607. The van der Waals surface area contributed by atoms with E-state index in [-0.39, 0.29) is 0 Å². The summed E-state index contributed by atoms with van der Waals surface area (Å²) in [6.07, 6.45) is 12.9. The molecular formula is C17H25N. The summed E-state index contributed by atoms with van der Waals surface area (Å²) in [6, 6.07) is 0. The van der Waals surface area contributed by atoms with E-state index >= 15 is 0 Å². The highest BCUT2D eigenvalue weighted by Crippen LogP contribution is 2.20. The van der Waals surface area contributed by atoms with E-state index in [1.54, 1.807) is 0 Å². The Balaban J connectivity index is 2.96. The first-order valence-corrected chi connectivity index (χ1v) is 7.12. The van der Waals surface area contributed by atoms with Crippen LogP contribution in [0, 0.1) is 5.92 Å². The third-order valence-electron chi connectivity index (χ3n) is 3.24. The summed E-state index contributed by atoms with van der Waals surface area (Å²) in [4.78, 5) is 4.52. The molecule has 1 atom stereocenters. The van der Waals surface area contributed by atoms with Gasteiger partial charge in [0.05, 0.1) is 0 Å². The van der Waals surface area contributed by atoms with Crippen LogP contribution < -0.4 is 0 Å². The molecule has 98 valence electrons. The molecule has 1 nitrogen and oxygen atoms in total. The molecule has 0 spiro atoms. The Hall–Kier alpha value is -1.33. The molecule has 1 heteroatoms. The molecule has 0 aromatic carbocycles. The van der Waals surface area contributed by atoms with Gasteiger partial charge in [0, 0.05) is 6.21 Å². The van der Waals surface area contributed by atoms with Crippen molar-refractivity contribution in [2.45, 2.75) is 53.4 Å². The standard InChI is InChI=1S/C17H25N/c1-5-8-15-9-10-17(18-12-11-15)16(7-3)13-14(4)6-2/h9,11-14H,5-8H2,1-4H3/b16-13-. The first kappa shape index (κ1) is 14.7. The van der Waals surface area contributed by atoms with Crippen molar-refractivity contribution in [3.8, 4) is 0 Å². The monoisotopic (exact) mass is 243 g/mol. The van der Waals surface area contributed by atoms with Gasteiger partial charge in [-0.25, -0.2) is 4.99 Å². The fraction of sp³-hybridized carbons (Fsp3) is 0.529. The molecule has 0 bridgehead atoms. The van der Waals surface area contributed by atoms with Gasteiger partial charge in [-0.1, -0.05) is 52.3 Å². The van der Waals surface area contributed by atoms with Crippen LogP contribution in [0.5, 0.6) is 0 Å². The van der Waals surface area contributed by atoms with Gasteiger partial charge < -0.3 is 0 Å². The predicted octanol–water partition coefficient (Wildman–Crippen LogP) is 5.22. The van der Waals surface area contributed by atoms with Crippen LogP contribution in [0.1, 0.15) is 53.4 Å². The average molecular weight is 243 g/mol. The zero-order valence-corrected chi connectivity index (χ0v) is 12.2. The molecule has 0 radical (unpaired) electrons. The van der Waals surface area contributed by atoms with E-state index in [0.29, 0.717) is 5.92 Å². The van der Waals surface area contributed by atoms with Crippen LogP contribution in [-0.2, 0) is 0 Å². The summed E-state index contributed by atoms with van der Waals surface area (Å²) in [5.41, 5.74) is 6.98. The highest BCUT2D eigenvalue weighted by molar-refractivity contribution is 5.75. The van der Waals surface area contributed by atoms with Gasteiger partial charge in [0.1, 0.15) is 5.70 Å². The fourth-order valence-corrected chi connectivity index (χ4v) is 1.90. The van der Waals surface area contributed by atoms with Crippen molar-refractivity contribution in [2.75, 3.05) is 0 Å². The van der Waals surface area contributed by atoms with Crippen LogP contribution in [0.3, 0.4) is 0 Å². The van der Waals surface area contributed by atoms with Crippen molar-refractivity contribution in [3.63, 3.8) is 0 Å². The average Bonchev–Trinajstić information content (AvgIpc) is 2.62. The number of hydrogen-bond donors (Lipinski definition) is 0. The second-order valence-corrected chi connectivity index (χ2v) is 4.84. The summed E-state index contributed by atoms with van der Waals surface area (Å²) in [7, 11) is 0. The molecule has 0 aliphatic carbocycles. The highest BCUT2D eigenvalue weighted by Gasteiger charge is 2.04. The SMILES string of the molecule is CCCC1=CC=NC(/C(=C\C(C)CC)CC)=C=C1. The van der Waals surface area contributed by atoms with Crippen LogP contribution in [0.25, 0.3) is 0 Å². The molecule has 1 aliphatic rings. The highest BCUT2D eigenvalue weighted by atomic mass is 14.7. The summed E-state index contributed by atoms with van der Waals surface area (Å²) in [6.45, 7) is 8.85. The van der Waals surface area contributed by atoms with Gasteiger partial charge in [0.25, 0.3) is 0 Å². The third kappa shape index (κ3) is 4.50. The lowest BCUT2D eigenvalue weighted by Crippen LogP contribution is -1.92. The summed E-state index contributed by atoms with van der Waals surface area (Å²) in [5.74, 6) is 0.607. The molecule has 1 heterocycles. The number of rotatable bonds is 6. The van der Waals surface area contributed by atoms with Gasteiger partial charge in [-0.05, 0) is 42.1 Å². The van der Waals surface area contributed by atoms with Gasteiger partial charge in [0.15, 0.2) is 0 Å². The van der Waals surface area contributed by atoms with Crippen molar-refractivity contribution < 1.29 is 0 Å². The number of nitrogens with zero attached hydrogens (tertiary/aromatic N) is 1. The second-order valence-electron chi connectivity index (χ2n) is 4.84. The first-order chi connectivity index (χ1) is 8.71. The molecule has 0 N–H and O–H groups in total. The van der Waals surface area contributed by atoms with Gasteiger partial charge in [-0.3, -0.25) is 0 Å². The molecule has 0 saturated carbocycles. The molecule has 1 aliphatic heterocycles. The molecule has 18 heavy (non-hydrogen) atoms. The van der Waals surface area contributed by atoms with Crippen molar-refractivity contribution >= 4 is 6.21 Å². The van der Waals surface area contributed by atoms with Gasteiger partial charge in [0.2, 0.25) is 0 Å². The Morgan fingerprint density at radius 3 is 2.78 bits per heavy atom. The van der Waals surface area contributed by atoms with Gasteiger partial charge in [-0.2, -0.15) is 0 Å². The lowest BCUT2D eigenvalue weighted by Gasteiger charge is -2.07. The first-order valence-electron chi connectivity index (χ1n) is 7.12. The number of hydrogen-bond acceptors (Lipinski definition) is 1. The molecule has 0 aromatic rings. The Bertz CT molecular complexity index is 415. The van der Waals surface area contributed by atoms with Crippen LogP contribution in [0.4, 0.5) is 0 Å². The minimum Gasteiger partial charge on any atom is -0.248 e. The van der Waals surface area contributed by atoms with E-state index in [1.165, 1.54) is 17.6 Å². The van der Waals surface area contributed by atoms with Gasteiger partial charge >= 0.3 is 0 Å². The Morgan fingerprint density at radius 1 is 1.39 bits per heavy atom. The Kier molecular flexibility index (Phi) is 6.46. The van der Waals surface area contributed by atoms with E-state index in [2.05, 4.69) is 56.6 Å². The topological polar surface area (TPSA) is 12.4 Å². The van der Waals surface area contributed by atoms with E-state index in [9.17, 15) is 0 Å².